The highest BCUT2D eigenvalue weighted by Crippen LogP contribution is 2.28. The third-order valence-corrected chi connectivity index (χ3v) is 4.42. The summed E-state index contributed by atoms with van der Waals surface area (Å²) in [6.07, 6.45) is 3.58. The number of rotatable bonds is 4. The second-order valence-electron chi connectivity index (χ2n) is 6.39. The fraction of sp³-hybridized carbons (Fsp3) is 0.0952. The number of aryl methyl sites for hydroxylation is 1. The number of carbonyl (C=O) groups excluding carboxylic acids is 1. The monoisotopic (exact) mass is 378 g/mol. The van der Waals surface area contributed by atoms with Crippen LogP contribution in [0.5, 0.6) is 0 Å². The summed E-state index contributed by atoms with van der Waals surface area (Å²) in [6, 6.07) is 12.4. The lowest BCUT2D eigenvalue weighted by molar-refractivity contribution is 0.0946. The number of para-hydroxylation sites is 1. The van der Waals surface area contributed by atoms with Crippen molar-refractivity contribution in [2.75, 3.05) is 0 Å². The van der Waals surface area contributed by atoms with Crippen molar-refractivity contribution in [3.05, 3.63) is 83.8 Å². The van der Waals surface area contributed by atoms with Crippen LogP contribution in [0, 0.1) is 11.6 Å². The lowest BCUT2D eigenvalue weighted by Crippen LogP contribution is -2.24. The van der Waals surface area contributed by atoms with Gasteiger partial charge in [0.2, 0.25) is 0 Å². The Morgan fingerprint density at radius 2 is 1.96 bits per heavy atom. The molecule has 0 aliphatic heterocycles. The molecule has 0 aliphatic carbocycles. The van der Waals surface area contributed by atoms with Gasteiger partial charge in [0.05, 0.1) is 11.7 Å². The van der Waals surface area contributed by atoms with E-state index in [0.29, 0.717) is 5.52 Å². The fourth-order valence-electron chi connectivity index (χ4n) is 3.02. The molecule has 5 nitrogen and oxygen atoms in total. The average Bonchev–Trinajstić information content (AvgIpc) is 3.12. The molecule has 0 aliphatic rings. The molecule has 4 rings (SSSR count). The van der Waals surface area contributed by atoms with Gasteiger partial charge in [-0.2, -0.15) is 5.10 Å². The highest BCUT2D eigenvalue weighted by Gasteiger charge is 2.15. The Bertz CT molecular complexity index is 1190. The van der Waals surface area contributed by atoms with E-state index in [9.17, 15) is 13.6 Å². The van der Waals surface area contributed by atoms with Gasteiger partial charge < -0.3 is 5.32 Å². The molecule has 2 aromatic heterocycles. The Labute approximate surface area is 159 Å². The number of benzene rings is 2. The molecule has 0 bridgehead atoms. The van der Waals surface area contributed by atoms with E-state index in [1.54, 1.807) is 16.9 Å². The molecule has 1 amide bonds. The van der Waals surface area contributed by atoms with Crippen LogP contribution in [0.3, 0.4) is 0 Å². The summed E-state index contributed by atoms with van der Waals surface area (Å²) in [5, 5.41) is 7.73. The van der Waals surface area contributed by atoms with Crippen molar-refractivity contribution in [1.82, 2.24) is 20.1 Å². The number of hydrogen-bond acceptors (Lipinski definition) is 3. The smallest absolute Gasteiger partial charge is 0.270 e. The summed E-state index contributed by atoms with van der Waals surface area (Å²) in [5.41, 5.74) is 2.77. The minimum atomic E-state index is -0.706. The highest BCUT2D eigenvalue weighted by atomic mass is 19.1. The van der Waals surface area contributed by atoms with Crippen molar-refractivity contribution in [2.45, 2.75) is 6.54 Å². The van der Waals surface area contributed by atoms with Crippen LogP contribution in [-0.2, 0) is 13.6 Å². The van der Waals surface area contributed by atoms with Gasteiger partial charge in [-0.15, -0.1) is 0 Å². The van der Waals surface area contributed by atoms with Crippen LogP contribution in [-0.4, -0.2) is 20.7 Å². The Morgan fingerprint density at radius 3 is 2.71 bits per heavy atom. The van der Waals surface area contributed by atoms with Crippen LogP contribution in [0.1, 0.15) is 16.1 Å². The van der Waals surface area contributed by atoms with E-state index in [1.807, 2.05) is 37.5 Å². The van der Waals surface area contributed by atoms with Crippen molar-refractivity contribution in [3.8, 4) is 11.1 Å². The van der Waals surface area contributed by atoms with E-state index in [2.05, 4.69) is 15.4 Å². The van der Waals surface area contributed by atoms with Gasteiger partial charge in [-0.1, -0.05) is 24.3 Å². The van der Waals surface area contributed by atoms with Gasteiger partial charge in [-0.05, 0) is 23.8 Å². The third kappa shape index (κ3) is 3.46. The van der Waals surface area contributed by atoms with E-state index in [4.69, 9.17) is 0 Å². The SMILES string of the molecule is Cn1cc(-c2cc(C(=O)NCc3ccc(F)cc3F)nc3ccccc23)cn1. The molecule has 0 fully saturated rings. The zero-order chi connectivity index (χ0) is 19.7. The molecule has 0 radical (unpaired) electrons. The summed E-state index contributed by atoms with van der Waals surface area (Å²) in [6.45, 7) is -0.0678. The summed E-state index contributed by atoms with van der Waals surface area (Å²) in [4.78, 5) is 17.1. The molecule has 0 spiro atoms. The molecule has 0 atom stereocenters. The van der Waals surface area contributed by atoms with Crippen molar-refractivity contribution in [3.63, 3.8) is 0 Å². The van der Waals surface area contributed by atoms with E-state index < -0.39 is 17.5 Å². The van der Waals surface area contributed by atoms with Crippen molar-refractivity contribution in [1.29, 1.82) is 0 Å². The molecule has 1 N–H and O–H groups in total. The first kappa shape index (κ1) is 17.8. The Morgan fingerprint density at radius 1 is 1.14 bits per heavy atom. The topological polar surface area (TPSA) is 59.8 Å². The zero-order valence-electron chi connectivity index (χ0n) is 15.0. The standard InChI is InChI=1S/C21H16F2N4O/c1-27-12-14(11-25-27)17-9-20(26-19-5-3-2-4-16(17)19)21(28)24-10-13-6-7-15(22)8-18(13)23/h2-9,11-12H,10H2,1H3,(H,24,28). The predicted octanol–water partition coefficient (Wildman–Crippen LogP) is 3.84. The van der Waals surface area contributed by atoms with Crippen LogP contribution in [0.15, 0.2) is 60.9 Å². The Kier molecular flexibility index (Phi) is 4.57. The number of pyridine rings is 1. The molecule has 2 aromatic carbocycles. The van der Waals surface area contributed by atoms with Gasteiger partial charge in [0.25, 0.3) is 5.91 Å². The average molecular weight is 378 g/mol. The summed E-state index contributed by atoms with van der Waals surface area (Å²) in [7, 11) is 1.82. The van der Waals surface area contributed by atoms with E-state index >= 15 is 0 Å². The molecular weight excluding hydrogens is 362 g/mol. The normalized spacial score (nSPS) is 11.0. The van der Waals surface area contributed by atoms with Gasteiger partial charge >= 0.3 is 0 Å². The predicted molar refractivity (Wildman–Crippen MR) is 101 cm³/mol. The van der Waals surface area contributed by atoms with Crippen molar-refractivity contribution < 1.29 is 13.6 Å². The first-order chi connectivity index (χ1) is 13.5. The van der Waals surface area contributed by atoms with Gasteiger partial charge in [0, 0.05) is 42.4 Å². The molecule has 140 valence electrons. The summed E-state index contributed by atoms with van der Waals surface area (Å²) >= 11 is 0. The second kappa shape index (κ2) is 7.19. The van der Waals surface area contributed by atoms with Gasteiger partial charge in [0.1, 0.15) is 17.3 Å². The number of fused-ring (bicyclic) bond motifs is 1. The lowest BCUT2D eigenvalue weighted by Gasteiger charge is -2.10. The minimum absolute atomic E-state index is 0.0678. The maximum Gasteiger partial charge on any atom is 0.270 e. The van der Waals surface area contributed by atoms with Gasteiger partial charge in [0.15, 0.2) is 0 Å². The van der Waals surface area contributed by atoms with Crippen LogP contribution in [0.2, 0.25) is 0 Å². The number of halogens is 2. The summed E-state index contributed by atoms with van der Waals surface area (Å²) < 4.78 is 28.5. The molecule has 7 heteroatoms. The minimum Gasteiger partial charge on any atom is -0.347 e. The van der Waals surface area contributed by atoms with Crippen LogP contribution in [0.25, 0.3) is 22.0 Å². The molecule has 4 aromatic rings. The van der Waals surface area contributed by atoms with Crippen LogP contribution >= 0.6 is 0 Å². The van der Waals surface area contributed by atoms with E-state index in [0.717, 1.165) is 28.6 Å². The second-order valence-corrected chi connectivity index (χ2v) is 6.39. The van der Waals surface area contributed by atoms with Gasteiger partial charge in [-0.3, -0.25) is 9.48 Å². The molecule has 0 saturated heterocycles. The first-order valence-electron chi connectivity index (χ1n) is 8.62. The van der Waals surface area contributed by atoms with Crippen LogP contribution in [0.4, 0.5) is 8.78 Å². The largest absolute Gasteiger partial charge is 0.347 e. The number of nitrogens with zero attached hydrogens (tertiary/aromatic N) is 3. The van der Waals surface area contributed by atoms with Crippen molar-refractivity contribution in [2.24, 2.45) is 7.05 Å². The maximum absolute atomic E-state index is 13.8. The van der Waals surface area contributed by atoms with Crippen LogP contribution < -0.4 is 5.32 Å². The number of nitrogens with one attached hydrogen (secondary N) is 1. The number of aromatic nitrogens is 3. The molecule has 2 heterocycles. The Balaban J connectivity index is 1.67. The van der Waals surface area contributed by atoms with E-state index in [1.165, 1.54) is 6.07 Å². The zero-order valence-corrected chi connectivity index (χ0v) is 15.0. The fourth-order valence-corrected chi connectivity index (χ4v) is 3.02. The lowest BCUT2D eigenvalue weighted by atomic mass is 10.0. The quantitative estimate of drug-likeness (QED) is 0.587. The highest BCUT2D eigenvalue weighted by molar-refractivity contribution is 6.01. The molecule has 0 unspecified atom stereocenters. The number of carbonyl (C=O) groups is 1. The van der Waals surface area contributed by atoms with Crippen molar-refractivity contribution >= 4 is 16.8 Å². The molecule has 28 heavy (non-hydrogen) atoms. The number of hydrogen-bond donors (Lipinski definition) is 1. The van der Waals surface area contributed by atoms with E-state index in [-0.39, 0.29) is 17.8 Å². The maximum atomic E-state index is 13.8. The van der Waals surface area contributed by atoms with Gasteiger partial charge in [-0.25, -0.2) is 13.8 Å². The first-order valence-corrected chi connectivity index (χ1v) is 8.62. The molecule has 0 saturated carbocycles. The Hall–Kier alpha value is -3.61. The third-order valence-electron chi connectivity index (χ3n) is 4.42. The molecular formula is C21H16F2N4O. The summed E-state index contributed by atoms with van der Waals surface area (Å²) in [5.74, 6) is -1.81. The number of amides is 1.